The minimum absolute atomic E-state index is 0.156. The molecule has 0 aliphatic carbocycles. The molecule has 2 rings (SSSR count). The molecule has 0 amide bonds. The fraction of sp³-hybridized carbons (Fsp3) is 0.429. The Morgan fingerprint density at radius 3 is 2.74 bits per heavy atom. The van der Waals surface area contributed by atoms with Crippen molar-refractivity contribution in [2.24, 2.45) is 0 Å². The minimum atomic E-state index is 0.156. The van der Waals surface area contributed by atoms with E-state index < -0.39 is 0 Å². The van der Waals surface area contributed by atoms with Crippen molar-refractivity contribution in [2.45, 2.75) is 32.4 Å². The molecular formula is C14H19ClN4. The monoisotopic (exact) mass is 278 g/mol. The molecule has 102 valence electrons. The quantitative estimate of drug-likeness (QED) is 0.884. The van der Waals surface area contributed by atoms with E-state index in [4.69, 9.17) is 11.6 Å². The van der Waals surface area contributed by atoms with Crippen LogP contribution in [0.1, 0.15) is 30.6 Å². The second kappa shape index (κ2) is 6.68. The van der Waals surface area contributed by atoms with Crippen LogP contribution in [0.2, 0.25) is 5.02 Å². The zero-order chi connectivity index (χ0) is 13.7. The summed E-state index contributed by atoms with van der Waals surface area (Å²) in [6.07, 6.45) is 7.26. The van der Waals surface area contributed by atoms with E-state index in [2.05, 4.69) is 22.3 Å². The topological polar surface area (TPSA) is 42.7 Å². The molecular weight excluding hydrogens is 260 g/mol. The van der Waals surface area contributed by atoms with Gasteiger partial charge in [-0.15, -0.1) is 0 Å². The third kappa shape index (κ3) is 3.33. The van der Waals surface area contributed by atoms with Gasteiger partial charge in [-0.1, -0.05) is 18.5 Å². The Kier molecular flexibility index (Phi) is 4.93. The Morgan fingerprint density at radius 2 is 2.11 bits per heavy atom. The summed E-state index contributed by atoms with van der Waals surface area (Å²) in [5.41, 5.74) is 2.29. The van der Waals surface area contributed by atoms with E-state index in [1.54, 1.807) is 6.20 Å². The first-order valence-corrected chi connectivity index (χ1v) is 6.91. The van der Waals surface area contributed by atoms with Crippen LogP contribution in [0.4, 0.5) is 0 Å². The molecule has 0 radical (unpaired) electrons. The Balaban J connectivity index is 2.24. The number of hydrogen-bond donors (Lipinski definition) is 1. The van der Waals surface area contributed by atoms with Crippen molar-refractivity contribution < 1.29 is 0 Å². The average molecular weight is 279 g/mol. The van der Waals surface area contributed by atoms with E-state index in [1.807, 2.05) is 36.3 Å². The molecule has 0 spiro atoms. The van der Waals surface area contributed by atoms with Gasteiger partial charge in [-0.05, 0) is 37.6 Å². The van der Waals surface area contributed by atoms with Gasteiger partial charge in [-0.2, -0.15) is 5.10 Å². The highest BCUT2D eigenvalue weighted by atomic mass is 35.5. The lowest BCUT2D eigenvalue weighted by atomic mass is 10.0. The van der Waals surface area contributed by atoms with Crippen LogP contribution in [0, 0.1) is 0 Å². The number of aromatic nitrogens is 3. The maximum Gasteiger partial charge on any atom is 0.0834 e. The van der Waals surface area contributed by atoms with Gasteiger partial charge in [-0.25, -0.2) is 0 Å². The molecule has 1 unspecified atom stereocenters. The molecule has 0 saturated carbocycles. The van der Waals surface area contributed by atoms with Crippen LogP contribution in [0.3, 0.4) is 0 Å². The second-order valence-electron chi connectivity index (χ2n) is 4.50. The number of pyridine rings is 1. The van der Waals surface area contributed by atoms with Crippen molar-refractivity contribution >= 4 is 11.6 Å². The van der Waals surface area contributed by atoms with Crippen molar-refractivity contribution in [1.29, 1.82) is 0 Å². The Labute approximate surface area is 118 Å². The van der Waals surface area contributed by atoms with Crippen LogP contribution in [-0.2, 0) is 13.0 Å². The summed E-state index contributed by atoms with van der Waals surface area (Å²) in [6, 6.07) is 4.21. The highest BCUT2D eigenvalue weighted by Crippen LogP contribution is 2.25. The number of nitrogens with zero attached hydrogens (tertiary/aromatic N) is 3. The van der Waals surface area contributed by atoms with Crippen LogP contribution in [0.25, 0.3) is 0 Å². The molecule has 0 aliphatic heterocycles. The molecule has 1 N–H and O–H groups in total. The summed E-state index contributed by atoms with van der Waals surface area (Å²) < 4.78 is 1.99. The molecule has 0 bridgehead atoms. The van der Waals surface area contributed by atoms with E-state index >= 15 is 0 Å². The van der Waals surface area contributed by atoms with Gasteiger partial charge in [0.25, 0.3) is 0 Å². The van der Waals surface area contributed by atoms with Crippen molar-refractivity contribution in [2.75, 3.05) is 7.05 Å². The standard InChI is InChI=1S/C14H19ClN4/c1-3-8-19-14(12(15)10-18-19)13(16-2)9-11-4-6-17-7-5-11/h4-7,10,13,16H,3,8-9H2,1-2H3. The molecule has 2 aromatic heterocycles. The fourth-order valence-corrected chi connectivity index (χ4v) is 2.47. The highest BCUT2D eigenvalue weighted by Gasteiger charge is 2.19. The highest BCUT2D eigenvalue weighted by molar-refractivity contribution is 6.31. The van der Waals surface area contributed by atoms with Gasteiger partial charge in [0.05, 0.1) is 23.0 Å². The maximum absolute atomic E-state index is 6.28. The Morgan fingerprint density at radius 1 is 1.37 bits per heavy atom. The molecule has 0 aromatic carbocycles. The summed E-state index contributed by atoms with van der Waals surface area (Å²) in [4.78, 5) is 4.04. The molecule has 19 heavy (non-hydrogen) atoms. The molecule has 2 heterocycles. The summed E-state index contributed by atoms with van der Waals surface area (Å²) in [7, 11) is 1.95. The van der Waals surface area contributed by atoms with Crippen molar-refractivity contribution in [3.8, 4) is 0 Å². The Hall–Kier alpha value is -1.39. The minimum Gasteiger partial charge on any atom is -0.311 e. The van der Waals surface area contributed by atoms with Crippen LogP contribution in [0.15, 0.2) is 30.7 Å². The molecule has 0 aliphatic rings. The van der Waals surface area contributed by atoms with Gasteiger partial charge in [0.2, 0.25) is 0 Å². The predicted octanol–water partition coefficient (Wildman–Crippen LogP) is 2.84. The first-order chi connectivity index (χ1) is 9.26. The smallest absolute Gasteiger partial charge is 0.0834 e. The summed E-state index contributed by atoms with van der Waals surface area (Å²) in [5, 5.41) is 8.40. The van der Waals surface area contributed by atoms with Crippen molar-refractivity contribution in [1.82, 2.24) is 20.1 Å². The number of hydrogen-bond acceptors (Lipinski definition) is 3. The summed E-state index contributed by atoms with van der Waals surface area (Å²) >= 11 is 6.28. The average Bonchev–Trinajstić information content (AvgIpc) is 2.79. The Bertz CT molecular complexity index is 509. The summed E-state index contributed by atoms with van der Waals surface area (Å²) in [6.45, 7) is 3.02. The van der Waals surface area contributed by atoms with Crippen LogP contribution in [0.5, 0.6) is 0 Å². The van der Waals surface area contributed by atoms with Gasteiger partial charge in [0, 0.05) is 18.9 Å². The number of likely N-dealkylation sites (N-methyl/N-ethyl adjacent to an activating group) is 1. The fourth-order valence-electron chi connectivity index (χ4n) is 2.20. The molecule has 0 saturated heterocycles. The van der Waals surface area contributed by atoms with E-state index in [-0.39, 0.29) is 6.04 Å². The van der Waals surface area contributed by atoms with E-state index in [1.165, 1.54) is 5.56 Å². The molecule has 1 atom stereocenters. The van der Waals surface area contributed by atoms with E-state index in [0.29, 0.717) is 0 Å². The van der Waals surface area contributed by atoms with Crippen molar-refractivity contribution in [3.05, 3.63) is 47.0 Å². The number of aryl methyl sites for hydroxylation is 1. The lowest BCUT2D eigenvalue weighted by Crippen LogP contribution is -2.23. The SMILES string of the molecule is CCCn1ncc(Cl)c1C(Cc1ccncc1)NC. The van der Waals surface area contributed by atoms with Gasteiger partial charge < -0.3 is 5.32 Å². The number of nitrogens with one attached hydrogen (secondary N) is 1. The number of rotatable bonds is 6. The lowest BCUT2D eigenvalue weighted by molar-refractivity contribution is 0.497. The largest absolute Gasteiger partial charge is 0.311 e. The third-order valence-electron chi connectivity index (χ3n) is 3.14. The molecule has 4 nitrogen and oxygen atoms in total. The predicted molar refractivity (Wildman–Crippen MR) is 77.3 cm³/mol. The first kappa shape index (κ1) is 14.0. The summed E-state index contributed by atoms with van der Waals surface area (Å²) in [5.74, 6) is 0. The van der Waals surface area contributed by atoms with Gasteiger partial charge in [0.1, 0.15) is 0 Å². The third-order valence-corrected chi connectivity index (χ3v) is 3.43. The second-order valence-corrected chi connectivity index (χ2v) is 4.91. The van der Waals surface area contributed by atoms with E-state index in [9.17, 15) is 0 Å². The molecule has 0 fully saturated rings. The van der Waals surface area contributed by atoms with Crippen LogP contribution >= 0.6 is 11.6 Å². The first-order valence-electron chi connectivity index (χ1n) is 6.53. The van der Waals surface area contributed by atoms with Gasteiger partial charge in [0.15, 0.2) is 0 Å². The maximum atomic E-state index is 6.28. The van der Waals surface area contributed by atoms with Gasteiger partial charge >= 0.3 is 0 Å². The van der Waals surface area contributed by atoms with E-state index in [0.717, 1.165) is 30.1 Å². The lowest BCUT2D eigenvalue weighted by Gasteiger charge is -2.18. The van der Waals surface area contributed by atoms with Crippen LogP contribution < -0.4 is 5.32 Å². The normalized spacial score (nSPS) is 12.6. The number of halogens is 1. The van der Waals surface area contributed by atoms with Gasteiger partial charge in [-0.3, -0.25) is 9.67 Å². The molecule has 2 aromatic rings. The van der Waals surface area contributed by atoms with Crippen molar-refractivity contribution in [3.63, 3.8) is 0 Å². The zero-order valence-corrected chi connectivity index (χ0v) is 12.1. The van der Waals surface area contributed by atoms with Crippen LogP contribution in [-0.4, -0.2) is 21.8 Å². The molecule has 5 heteroatoms. The zero-order valence-electron chi connectivity index (χ0n) is 11.3.